The van der Waals surface area contributed by atoms with Crippen molar-refractivity contribution >= 4 is 23.6 Å². The summed E-state index contributed by atoms with van der Waals surface area (Å²) < 4.78 is 17.9. The molecule has 2 aromatic rings. The van der Waals surface area contributed by atoms with Crippen LogP contribution < -0.4 is 5.43 Å². The van der Waals surface area contributed by atoms with Gasteiger partial charge in [-0.25, -0.2) is 4.39 Å². The van der Waals surface area contributed by atoms with Gasteiger partial charge in [0.25, 0.3) is 5.91 Å². The fourth-order valence-corrected chi connectivity index (χ4v) is 2.96. The number of nitrogens with one attached hydrogen (secondary N) is 1. The Balaban J connectivity index is 1.53. The number of aryl methyl sites for hydroxylation is 1. The molecule has 0 aromatic heterocycles. The molecular formula is C21H19FN2O5. The SMILES string of the molecule is Cc1ccccc1C(=O)NN1CC(C(=O)OCC(=O)c2ccc(F)cc2)CC1=O. The largest absolute Gasteiger partial charge is 0.457 e. The van der Waals surface area contributed by atoms with Crippen LogP contribution in [0.25, 0.3) is 0 Å². The first-order valence-corrected chi connectivity index (χ1v) is 8.97. The van der Waals surface area contributed by atoms with Crippen molar-refractivity contribution in [1.29, 1.82) is 0 Å². The number of carbonyl (C=O) groups is 4. The van der Waals surface area contributed by atoms with E-state index in [4.69, 9.17) is 4.74 Å². The second kappa shape index (κ2) is 8.64. The minimum atomic E-state index is -0.791. The van der Waals surface area contributed by atoms with E-state index in [1.165, 1.54) is 12.1 Å². The first-order chi connectivity index (χ1) is 13.8. The normalized spacial score (nSPS) is 15.9. The van der Waals surface area contributed by atoms with Crippen LogP contribution in [0, 0.1) is 18.7 Å². The number of esters is 1. The van der Waals surface area contributed by atoms with Crippen LogP contribution in [0.4, 0.5) is 4.39 Å². The van der Waals surface area contributed by atoms with E-state index in [1.807, 2.05) is 0 Å². The standard InChI is InChI=1S/C21H19FN2O5/c1-13-4-2-3-5-17(13)20(27)23-24-11-15(10-19(24)26)21(28)29-12-18(25)14-6-8-16(22)9-7-14/h2-9,15H,10-12H2,1H3,(H,23,27). The van der Waals surface area contributed by atoms with Crippen molar-refractivity contribution < 1.29 is 28.3 Å². The van der Waals surface area contributed by atoms with Crippen LogP contribution in [0.3, 0.4) is 0 Å². The molecule has 0 bridgehead atoms. The van der Waals surface area contributed by atoms with Crippen molar-refractivity contribution in [1.82, 2.24) is 10.4 Å². The number of rotatable bonds is 6. The minimum Gasteiger partial charge on any atom is -0.457 e. The third-order valence-electron chi connectivity index (χ3n) is 4.60. The zero-order valence-corrected chi connectivity index (χ0v) is 15.7. The van der Waals surface area contributed by atoms with E-state index in [0.717, 1.165) is 22.7 Å². The molecule has 3 rings (SSSR count). The number of benzene rings is 2. The monoisotopic (exact) mass is 398 g/mol. The molecule has 2 amide bonds. The Kier molecular flexibility index (Phi) is 6.01. The van der Waals surface area contributed by atoms with Gasteiger partial charge in [-0.3, -0.25) is 29.6 Å². The van der Waals surface area contributed by atoms with Gasteiger partial charge in [0.15, 0.2) is 12.4 Å². The van der Waals surface area contributed by atoms with E-state index in [9.17, 15) is 23.6 Å². The molecule has 0 saturated carbocycles. The van der Waals surface area contributed by atoms with Crippen LogP contribution in [-0.2, 0) is 14.3 Å². The summed E-state index contributed by atoms with van der Waals surface area (Å²) in [5.74, 6) is -3.32. The van der Waals surface area contributed by atoms with Crippen molar-refractivity contribution in [2.75, 3.05) is 13.2 Å². The van der Waals surface area contributed by atoms with Gasteiger partial charge in [-0.2, -0.15) is 0 Å². The first kappa shape index (κ1) is 20.2. The van der Waals surface area contributed by atoms with Gasteiger partial charge in [0.2, 0.25) is 5.91 Å². The predicted molar refractivity (Wildman–Crippen MR) is 100 cm³/mol. The van der Waals surface area contributed by atoms with E-state index < -0.39 is 41.9 Å². The van der Waals surface area contributed by atoms with Crippen molar-refractivity contribution in [3.8, 4) is 0 Å². The average molecular weight is 398 g/mol. The molecular weight excluding hydrogens is 379 g/mol. The fourth-order valence-electron chi connectivity index (χ4n) is 2.96. The van der Waals surface area contributed by atoms with Gasteiger partial charge in [0, 0.05) is 17.5 Å². The molecule has 2 aromatic carbocycles. The Hall–Kier alpha value is -3.55. The number of halogens is 1. The van der Waals surface area contributed by atoms with Gasteiger partial charge in [-0.15, -0.1) is 0 Å². The number of Topliss-reactive ketones (excluding diaryl/α,β-unsaturated/α-hetero) is 1. The van der Waals surface area contributed by atoms with E-state index in [2.05, 4.69) is 5.43 Å². The van der Waals surface area contributed by atoms with Gasteiger partial charge in [-0.1, -0.05) is 18.2 Å². The smallest absolute Gasteiger partial charge is 0.311 e. The van der Waals surface area contributed by atoms with Gasteiger partial charge in [0.1, 0.15) is 5.82 Å². The third-order valence-corrected chi connectivity index (χ3v) is 4.60. The van der Waals surface area contributed by atoms with E-state index in [-0.39, 0.29) is 18.5 Å². The van der Waals surface area contributed by atoms with Gasteiger partial charge in [-0.05, 0) is 42.8 Å². The first-order valence-electron chi connectivity index (χ1n) is 8.97. The second-order valence-corrected chi connectivity index (χ2v) is 6.70. The Labute approximate surface area is 166 Å². The predicted octanol–water partition coefficient (Wildman–Crippen LogP) is 2.05. The molecule has 1 N–H and O–H groups in total. The van der Waals surface area contributed by atoms with Gasteiger partial charge >= 0.3 is 5.97 Å². The lowest BCUT2D eigenvalue weighted by molar-refractivity contribution is -0.147. The number of ketones is 1. The summed E-state index contributed by atoms with van der Waals surface area (Å²) in [7, 11) is 0. The molecule has 29 heavy (non-hydrogen) atoms. The maximum Gasteiger partial charge on any atom is 0.311 e. The molecule has 1 unspecified atom stereocenters. The summed E-state index contributed by atoms with van der Waals surface area (Å²) in [5.41, 5.74) is 3.90. The van der Waals surface area contributed by atoms with Gasteiger partial charge < -0.3 is 4.74 Å². The van der Waals surface area contributed by atoms with E-state index in [1.54, 1.807) is 31.2 Å². The Morgan fingerprint density at radius 3 is 2.52 bits per heavy atom. The van der Waals surface area contributed by atoms with E-state index in [0.29, 0.717) is 5.56 Å². The number of carbonyl (C=O) groups excluding carboxylic acids is 4. The Morgan fingerprint density at radius 2 is 1.83 bits per heavy atom. The topological polar surface area (TPSA) is 92.8 Å². The molecule has 0 radical (unpaired) electrons. The quantitative estimate of drug-likeness (QED) is 0.594. The fraction of sp³-hybridized carbons (Fsp3) is 0.238. The molecule has 1 aliphatic heterocycles. The van der Waals surface area contributed by atoms with Crippen LogP contribution in [0.15, 0.2) is 48.5 Å². The van der Waals surface area contributed by atoms with Crippen LogP contribution in [0.1, 0.15) is 32.7 Å². The zero-order valence-electron chi connectivity index (χ0n) is 15.7. The highest BCUT2D eigenvalue weighted by Gasteiger charge is 2.36. The zero-order chi connectivity index (χ0) is 21.0. The Morgan fingerprint density at radius 1 is 1.14 bits per heavy atom. The highest BCUT2D eigenvalue weighted by atomic mass is 19.1. The maximum absolute atomic E-state index is 12.9. The van der Waals surface area contributed by atoms with Crippen molar-refractivity contribution in [2.45, 2.75) is 13.3 Å². The Bertz CT molecular complexity index is 958. The summed E-state index contributed by atoms with van der Waals surface area (Å²) >= 11 is 0. The highest BCUT2D eigenvalue weighted by molar-refractivity contribution is 5.99. The van der Waals surface area contributed by atoms with Crippen LogP contribution in [-0.4, -0.2) is 41.7 Å². The lowest BCUT2D eigenvalue weighted by Crippen LogP contribution is -2.43. The van der Waals surface area contributed by atoms with Crippen LogP contribution in [0.5, 0.6) is 0 Å². The van der Waals surface area contributed by atoms with Crippen molar-refractivity contribution in [3.63, 3.8) is 0 Å². The number of nitrogens with zero attached hydrogens (tertiary/aromatic N) is 1. The molecule has 150 valence electrons. The summed E-state index contributed by atoms with van der Waals surface area (Å²) in [5, 5.41) is 1.09. The summed E-state index contributed by atoms with van der Waals surface area (Å²) in [6.07, 6.45) is -0.127. The molecule has 0 aliphatic carbocycles. The summed E-state index contributed by atoms with van der Waals surface area (Å²) in [6, 6.07) is 11.8. The number of ether oxygens (including phenoxy) is 1. The molecule has 0 spiro atoms. The summed E-state index contributed by atoms with van der Waals surface area (Å²) in [6.45, 7) is 1.23. The molecule has 1 fully saturated rings. The number of amides is 2. The lowest BCUT2D eigenvalue weighted by atomic mass is 10.1. The van der Waals surface area contributed by atoms with Crippen LogP contribution in [0.2, 0.25) is 0 Å². The molecule has 1 heterocycles. The molecule has 1 aliphatic rings. The molecule has 8 heteroatoms. The third kappa shape index (κ3) is 4.84. The maximum atomic E-state index is 12.9. The number of hydrazine groups is 1. The molecule has 1 atom stereocenters. The second-order valence-electron chi connectivity index (χ2n) is 6.70. The van der Waals surface area contributed by atoms with Gasteiger partial charge in [0.05, 0.1) is 12.5 Å². The van der Waals surface area contributed by atoms with Crippen LogP contribution >= 0.6 is 0 Å². The van der Waals surface area contributed by atoms with Crippen molar-refractivity contribution in [2.24, 2.45) is 5.92 Å². The lowest BCUT2D eigenvalue weighted by Gasteiger charge is -2.18. The average Bonchev–Trinajstić information content (AvgIpc) is 3.07. The number of hydrogen-bond acceptors (Lipinski definition) is 5. The molecule has 1 saturated heterocycles. The van der Waals surface area contributed by atoms with Crippen molar-refractivity contribution in [3.05, 3.63) is 71.0 Å². The molecule has 7 nitrogen and oxygen atoms in total. The number of hydrogen-bond donors (Lipinski definition) is 1. The summed E-state index contributed by atoms with van der Waals surface area (Å²) in [4.78, 5) is 48.7. The minimum absolute atomic E-state index is 0.0416. The van der Waals surface area contributed by atoms with E-state index >= 15 is 0 Å². The highest BCUT2D eigenvalue weighted by Crippen LogP contribution is 2.18.